The third-order valence-electron chi connectivity index (χ3n) is 5.63. The molecule has 0 spiro atoms. The summed E-state index contributed by atoms with van der Waals surface area (Å²) in [5.41, 5.74) is 2.78. The van der Waals surface area contributed by atoms with Gasteiger partial charge in [-0.15, -0.1) is 0 Å². The minimum atomic E-state index is -3.60. The van der Waals surface area contributed by atoms with E-state index in [0.717, 1.165) is 5.56 Å². The van der Waals surface area contributed by atoms with E-state index in [2.05, 4.69) is 55.5 Å². The highest BCUT2D eigenvalue weighted by Crippen LogP contribution is 2.23. The van der Waals surface area contributed by atoms with E-state index < -0.39 is 10.0 Å². The van der Waals surface area contributed by atoms with Crippen LogP contribution >= 0.6 is 0 Å². The van der Waals surface area contributed by atoms with E-state index >= 15 is 0 Å². The number of sulfonamides is 1. The second-order valence-corrected chi connectivity index (χ2v) is 11.4. The summed E-state index contributed by atoms with van der Waals surface area (Å²) in [5.74, 6) is 0.233. The second-order valence-electron chi connectivity index (χ2n) is 9.41. The Hall–Kier alpha value is -2.97. The summed E-state index contributed by atoms with van der Waals surface area (Å²) in [5, 5.41) is 7.19. The lowest BCUT2D eigenvalue weighted by molar-refractivity contribution is 0.102. The third kappa shape index (κ3) is 5.69. The van der Waals surface area contributed by atoms with Crippen LogP contribution in [0.15, 0.2) is 65.7 Å². The molecule has 33 heavy (non-hydrogen) atoms. The van der Waals surface area contributed by atoms with E-state index in [0.29, 0.717) is 17.9 Å². The van der Waals surface area contributed by atoms with Gasteiger partial charge in [-0.3, -0.25) is 4.79 Å². The average molecular weight is 469 g/mol. The van der Waals surface area contributed by atoms with Crippen LogP contribution in [0.1, 0.15) is 56.1 Å². The molecule has 1 aromatic heterocycles. The highest BCUT2D eigenvalue weighted by Gasteiger charge is 2.23. The predicted octanol–water partition coefficient (Wildman–Crippen LogP) is 4.51. The number of nitrogens with zero attached hydrogens (tertiary/aromatic N) is 3. The normalized spacial score (nSPS) is 12.4. The number of hydrogen-bond acceptors (Lipinski definition) is 4. The Morgan fingerprint density at radius 2 is 1.64 bits per heavy atom. The first-order valence-electron chi connectivity index (χ1n) is 10.9. The largest absolute Gasteiger partial charge is 0.307 e. The number of hydrogen-bond donors (Lipinski definition) is 1. The zero-order chi connectivity index (χ0) is 24.4. The summed E-state index contributed by atoms with van der Waals surface area (Å²) in [4.78, 5) is 12.9. The van der Waals surface area contributed by atoms with Gasteiger partial charge in [-0.05, 0) is 54.7 Å². The molecule has 8 heteroatoms. The molecule has 7 nitrogen and oxygen atoms in total. The van der Waals surface area contributed by atoms with E-state index in [-0.39, 0.29) is 22.3 Å². The molecule has 0 aliphatic heterocycles. The van der Waals surface area contributed by atoms with E-state index in [1.54, 1.807) is 37.8 Å². The molecule has 0 aliphatic carbocycles. The highest BCUT2D eigenvalue weighted by atomic mass is 32.2. The number of amides is 1. The summed E-state index contributed by atoms with van der Waals surface area (Å²) in [6.45, 7) is 10.7. The number of benzene rings is 2. The van der Waals surface area contributed by atoms with Gasteiger partial charge in [0.05, 0.1) is 17.6 Å². The van der Waals surface area contributed by atoms with Gasteiger partial charge < -0.3 is 5.32 Å². The fourth-order valence-corrected chi connectivity index (χ4v) is 4.63. The maximum Gasteiger partial charge on any atom is 0.256 e. The quantitative estimate of drug-likeness (QED) is 0.553. The Morgan fingerprint density at radius 3 is 2.18 bits per heavy atom. The maximum absolute atomic E-state index is 12.8. The topological polar surface area (TPSA) is 84.3 Å². The number of carbonyl (C=O) groups excluding carboxylic acids is 1. The van der Waals surface area contributed by atoms with Crippen LogP contribution in [0.3, 0.4) is 0 Å². The van der Waals surface area contributed by atoms with Crippen LogP contribution in [0.2, 0.25) is 0 Å². The molecule has 0 atom stereocenters. The fourth-order valence-electron chi connectivity index (χ4n) is 3.26. The van der Waals surface area contributed by atoms with Crippen molar-refractivity contribution < 1.29 is 13.2 Å². The molecule has 0 saturated heterocycles. The lowest BCUT2D eigenvalue weighted by Gasteiger charge is -2.21. The van der Waals surface area contributed by atoms with Gasteiger partial charge in [-0.2, -0.15) is 9.40 Å². The van der Waals surface area contributed by atoms with Crippen LogP contribution in [0, 0.1) is 0 Å². The zero-order valence-electron chi connectivity index (χ0n) is 20.0. The van der Waals surface area contributed by atoms with Gasteiger partial charge in [0.1, 0.15) is 5.82 Å². The van der Waals surface area contributed by atoms with E-state index in [1.807, 2.05) is 0 Å². The van der Waals surface area contributed by atoms with Crippen molar-refractivity contribution in [2.24, 2.45) is 0 Å². The fraction of sp³-hybridized carbons (Fsp3) is 0.360. The van der Waals surface area contributed by atoms with Gasteiger partial charge in [-0.25, -0.2) is 13.1 Å². The van der Waals surface area contributed by atoms with Crippen molar-refractivity contribution in [3.8, 4) is 0 Å². The minimum Gasteiger partial charge on any atom is -0.307 e. The van der Waals surface area contributed by atoms with Crippen LogP contribution < -0.4 is 5.32 Å². The molecule has 3 rings (SSSR count). The first-order chi connectivity index (χ1) is 15.4. The Balaban J connectivity index is 1.72. The maximum atomic E-state index is 12.8. The first-order valence-corrected chi connectivity index (χ1v) is 12.3. The molecular formula is C25H32N4O3S. The molecule has 0 radical (unpaired) electrons. The average Bonchev–Trinajstić information content (AvgIpc) is 3.19. The molecular weight excluding hydrogens is 436 g/mol. The predicted molar refractivity (Wildman–Crippen MR) is 131 cm³/mol. The summed E-state index contributed by atoms with van der Waals surface area (Å²) in [6.07, 6.45) is 1.64. The van der Waals surface area contributed by atoms with Gasteiger partial charge in [0.25, 0.3) is 5.91 Å². The number of aromatic nitrogens is 2. The van der Waals surface area contributed by atoms with Crippen LogP contribution in [0.5, 0.6) is 0 Å². The summed E-state index contributed by atoms with van der Waals surface area (Å²) in [6, 6.07) is 15.9. The number of carbonyl (C=O) groups is 1. The van der Waals surface area contributed by atoms with Crippen molar-refractivity contribution in [3.63, 3.8) is 0 Å². The first kappa shape index (κ1) is 24.7. The Morgan fingerprint density at radius 1 is 1.03 bits per heavy atom. The summed E-state index contributed by atoms with van der Waals surface area (Å²) >= 11 is 0. The van der Waals surface area contributed by atoms with Crippen molar-refractivity contribution in [2.45, 2.75) is 57.5 Å². The third-order valence-corrected chi connectivity index (χ3v) is 7.68. The van der Waals surface area contributed by atoms with Crippen molar-refractivity contribution in [1.29, 1.82) is 0 Å². The smallest absolute Gasteiger partial charge is 0.256 e. The van der Waals surface area contributed by atoms with Crippen LogP contribution in [-0.4, -0.2) is 41.5 Å². The Kier molecular flexibility index (Phi) is 7.09. The van der Waals surface area contributed by atoms with Gasteiger partial charge in [-0.1, -0.05) is 45.0 Å². The van der Waals surface area contributed by atoms with Gasteiger partial charge in [0, 0.05) is 24.7 Å². The molecule has 3 aromatic rings. The van der Waals surface area contributed by atoms with Gasteiger partial charge in [0.2, 0.25) is 10.0 Å². The SMILES string of the molecule is CC(C)N(C)S(=O)(=O)c1ccc(C(=O)Nc2ccnn2Cc2ccc(C(C)(C)C)cc2)cc1. The second kappa shape index (κ2) is 9.49. The van der Waals surface area contributed by atoms with E-state index in [4.69, 9.17) is 0 Å². The van der Waals surface area contributed by atoms with Crippen LogP contribution in [0.25, 0.3) is 0 Å². The molecule has 1 N–H and O–H groups in total. The monoisotopic (exact) mass is 468 g/mol. The molecule has 1 amide bonds. The van der Waals surface area contributed by atoms with Crippen molar-refractivity contribution in [2.75, 3.05) is 12.4 Å². The van der Waals surface area contributed by atoms with Crippen LogP contribution in [0.4, 0.5) is 5.82 Å². The van der Waals surface area contributed by atoms with Gasteiger partial charge >= 0.3 is 0 Å². The highest BCUT2D eigenvalue weighted by molar-refractivity contribution is 7.89. The zero-order valence-corrected chi connectivity index (χ0v) is 20.8. The van der Waals surface area contributed by atoms with Crippen LogP contribution in [-0.2, 0) is 22.0 Å². The van der Waals surface area contributed by atoms with Crippen molar-refractivity contribution in [3.05, 3.63) is 77.5 Å². The molecule has 0 unspecified atom stereocenters. The molecule has 2 aromatic carbocycles. The number of nitrogens with one attached hydrogen (secondary N) is 1. The molecule has 1 heterocycles. The lowest BCUT2D eigenvalue weighted by Crippen LogP contribution is -2.33. The Labute approximate surface area is 196 Å². The lowest BCUT2D eigenvalue weighted by atomic mass is 9.87. The molecule has 0 saturated carbocycles. The van der Waals surface area contributed by atoms with Gasteiger partial charge in [0.15, 0.2) is 0 Å². The molecule has 0 aliphatic rings. The Bertz CT molecular complexity index is 1210. The standard InChI is InChI=1S/C25H32N4O3S/c1-18(2)28(6)33(31,32)22-13-9-20(10-14-22)24(30)27-23-15-16-26-29(23)17-19-7-11-21(12-8-19)25(3,4)5/h7-16,18H,17H2,1-6H3,(H,27,30). The summed E-state index contributed by atoms with van der Waals surface area (Å²) in [7, 11) is -2.06. The minimum absolute atomic E-state index is 0.0858. The van der Waals surface area contributed by atoms with E-state index in [1.165, 1.54) is 34.1 Å². The number of rotatable bonds is 7. The molecule has 176 valence electrons. The molecule has 0 fully saturated rings. The van der Waals surface area contributed by atoms with E-state index in [9.17, 15) is 13.2 Å². The molecule has 0 bridgehead atoms. The van der Waals surface area contributed by atoms with Crippen molar-refractivity contribution in [1.82, 2.24) is 14.1 Å². The summed E-state index contributed by atoms with van der Waals surface area (Å²) < 4.78 is 28.3. The van der Waals surface area contributed by atoms with Crippen molar-refractivity contribution >= 4 is 21.7 Å². The number of anilines is 1.